The molecular formula is C20H26O6. The highest BCUT2D eigenvalue weighted by molar-refractivity contribution is 5.92. The summed E-state index contributed by atoms with van der Waals surface area (Å²) in [6.45, 7) is 10.4. The quantitative estimate of drug-likeness (QED) is 0.443. The number of fused-ring (bicyclic) bond motifs is 1. The summed E-state index contributed by atoms with van der Waals surface area (Å²) < 4.78 is 11.0. The van der Waals surface area contributed by atoms with E-state index in [9.17, 15) is 19.8 Å². The van der Waals surface area contributed by atoms with Crippen molar-refractivity contribution in [2.75, 3.05) is 0 Å². The van der Waals surface area contributed by atoms with Gasteiger partial charge < -0.3 is 19.7 Å². The standard InChI is InChI=1S/C20H26O6/c1-6-11(2)18(22)26-16-10-20(5,24)8-7-14(21)12(3)9-15-17(16)13(4)19(23)25-15/h6-9,14-17,21,24H,4,10H2,1-3,5H3/b8-7+,11-6-,12-9-/t14-,15-,16-,17+,20+/m1/s1. The van der Waals surface area contributed by atoms with Gasteiger partial charge in [0.15, 0.2) is 0 Å². The third-order valence-corrected chi connectivity index (χ3v) is 4.82. The van der Waals surface area contributed by atoms with Gasteiger partial charge in [-0.3, -0.25) is 0 Å². The van der Waals surface area contributed by atoms with Crippen LogP contribution in [-0.4, -0.2) is 46.1 Å². The van der Waals surface area contributed by atoms with Gasteiger partial charge in [-0.05, 0) is 39.3 Å². The van der Waals surface area contributed by atoms with Gasteiger partial charge in [0.25, 0.3) is 0 Å². The maximum atomic E-state index is 12.3. The van der Waals surface area contributed by atoms with E-state index < -0.39 is 41.8 Å². The van der Waals surface area contributed by atoms with Gasteiger partial charge >= 0.3 is 11.9 Å². The first kappa shape index (κ1) is 20.1. The molecule has 2 aliphatic rings. The molecule has 6 heteroatoms. The number of aliphatic hydroxyl groups is 2. The highest BCUT2D eigenvalue weighted by Crippen LogP contribution is 2.37. The van der Waals surface area contributed by atoms with Gasteiger partial charge in [0.05, 0.1) is 17.6 Å². The van der Waals surface area contributed by atoms with Crippen molar-refractivity contribution >= 4 is 11.9 Å². The van der Waals surface area contributed by atoms with Crippen LogP contribution < -0.4 is 0 Å². The van der Waals surface area contributed by atoms with Crippen LogP contribution in [0.15, 0.2) is 47.6 Å². The summed E-state index contributed by atoms with van der Waals surface area (Å²) >= 11 is 0. The molecule has 0 aromatic heterocycles. The van der Waals surface area contributed by atoms with Crippen LogP contribution in [0.5, 0.6) is 0 Å². The molecule has 1 aliphatic carbocycles. The lowest BCUT2D eigenvalue weighted by Gasteiger charge is -2.32. The van der Waals surface area contributed by atoms with Crippen LogP contribution >= 0.6 is 0 Å². The Morgan fingerprint density at radius 3 is 2.77 bits per heavy atom. The molecule has 1 aliphatic heterocycles. The molecule has 0 saturated carbocycles. The molecule has 0 bridgehead atoms. The molecule has 2 N–H and O–H groups in total. The van der Waals surface area contributed by atoms with E-state index in [1.54, 1.807) is 39.8 Å². The van der Waals surface area contributed by atoms with Crippen LogP contribution in [0.25, 0.3) is 0 Å². The van der Waals surface area contributed by atoms with Crippen LogP contribution in [0.2, 0.25) is 0 Å². The van der Waals surface area contributed by atoms with E-state index in [-0.39, 0.29) is 12.0 Å². The van der Waals surface area contributed by atoms with Crippen molar-refractivity contribution in [2.24, 2.45) is 5.92 Å². The molecule has 5 atom stereocenters. The zero-order chi connectivity index (χ0) is 19.6. The summed E-state index contributed by atoms with van der Waals surface area (Å²) in [4.78, 5) is 24.4. The second kappa shape index (κ2) is 7.60. The Morgan fingerprint density at radius 1 is 1.50 bits per heavy atom. The summed E-state index contributed by atoms with van der Waals surface area (Å²) in [7, 11) is 0. The molecule has 1 heterocycles. The highest BCUT2D eigenvalue weighted by atomic mass is 16.6. The lowest BCUT2D eigenvalue weighted by Crippen LogP contribution is -2.40. The lowest BCUT2D eigenvalue weighted by molar-refractivity contribution is -0.150. The van der Waals surface area contributed by atoms with Crippen molar-refractivity contribution in [1.82, 2.24) is 0 Å². The van der Waals surface area contributed by atoms with E-state index in [1.165, 1.54) is 12.2 Å². The minimum atomic E-state index is -1.36. The SMILES string of the molecule is C=C1C(=O)O[C@@H]2/C=C(/C)[C@H](O)/C=C/[C@](C)(O)C[C@@H](OC(=O)/C(C)=C\C)[C@@H]12. The Balaban J connectivity index is 2.48. The average Bonchev–Trinajstić information content (AvgIpc) is 2.84. The van der Waals surface area contributed by atoms with Crippen molar-refractivity contribution in [1.29, 1.82) is 0 Å². The third kappa shape index (κ3) is 4.31. The second-order valence-electron chi connectivity index (χ2n) is 7.11. The summed E-state index contributed by atoms with van der Waals surface area (Å²) in [6, 6.07) is 0. The number of allylic oxidation sites excluding steroid dienone is 1. The zero-order valence-electron chi connectivity index (χ0n) is 15.6. The molecule has 0 spiro atoms. The number of carbonyl (C=O) groups is 2. The Hall–Kier alpha value is -2.18. The molecular weight excluding hydrogens is 336 g/mol. The molecule has 6 nitrogen and oxygen atoms in total. The molecule has 142 valence electrons. The fourth-order valence-corrected chi connectivity index (χ4v) is 3.05. The van der Waals surface area contributed by atoms with Gasteiger partial charge in [-0.1, -0.05) is 24.8 Å². The average molecular weight is 362 g/mol. The van der Waals surface area contributed by atoms with E-state index in [0.717, 1.165) is 0 Å². The smallest absolute Gasteiger partial charge is 0.334 e. The highest BCUT2D eigenvalue weighted by Gasteiger charge is 2.46. The van der Waals surface area contributed by atoms with E-state index in [4.69, 9.17) is 9.47 Å². The number of carbonyl (C=O) groups excluding carboxylic acids is 2. The van der Waals surface area contributed by atoms with Crippen LogP contribution in [-0.2, 0) is 19.1 Å². The van der Waals surface area contributed by atoms with Crippen LogP contribution in [0.1, 0.15) is 34.1 Å². The molecule has 1 saturated heterocycles. The van der Waals surface area contributed by atoms with Gasteiger partial charge in [-0.2, -0.15) is 0 Å². The number of hydrogen-bond acceptors (Lipinski definition) is 6. The fraction of sp³-hybridized carbons (Fsp3) is 0.500. The largest absolute Gasteiger partial charge is 0.458 e. The first-order chi connectivity index (χ1) is 12.1. The minimum Gasteiger partial charge on any atom is -0.458 e. The Bertz CT molecular complexity index is 697. The maximum absolute atomic E-state index is 12.3. The Kier molecular flexibility index (Phi) is 5.88. The van der Waals surface area contributed by atoms with Crippen molar-refractivity contribution < 1.29 is 29.3 Å². The van der Waals surface area contributed by atoms with E-state index >= 15 is 0 Å². The second-order valence-corrected chi connectivity index (χ2v) is 7.11. The molecule has 0 amide bonds. The van der Waals surface area contributed by atoms with Gasteiger partial charge in [0, 0.05) is 17.6 Å². The summed E-state index contributed by atoms with van der Waals surface area (Å²) in [5.41, 5.74) is -0.188. The number of esters is 2. The van der Waals surface area contributed by atoms with Gasteiger partial charge in [-0.25, -0.2) is 9.59 Å². The maximum Gasteiger partial charge on any atom is 0.334 e. The number of aliphatic hydroxyl groups excluding tert-OH is 1. The lowest BCUT2D eigenvalue weighted by atomic mass is 9.82. The van der Waals surface area contributed by atoms with Crippen molar-refractivity contribution in [3.63, 3.8) is 0 Å². The number of ether oxygens (including phenoxy) is 2. The first-order valence-electron chi connectivity index (χ1n) is 8.57. The minimum absolute atomic E-state index is 0.0304. The molecule has 1 fully saturated rings. The number of rotatable bonds is 2. The summed E-state index contributed by atoms with van der Waals surface area (Å²) in [5.74, 6) is -1.74. The fourth-order valence-electron chi connectivity index (χ4n) is 3.05. The topological polar surface area (TPSA) is 93.1 Å². The van der Waals surface area contributed by atoms with Crippen molar-refractivity contribution in [3.05, 3.63) is 47.6 Å². The molecule has 26 heavy (non-hydrogen) atoms. The first-order valence-corrected chi connectivity index (χ1v) is 8.57. The van der Waals surface area contributed by atoms with Gasteiger partial charge in [-0.15, -0.1) is 0 Å². The third-order valence-electron chi connectivity index (χ3n) is 4.82. The molecule has 0 unspecified atom stereocenters. The van der Waals surface area contributed by atoms with Crippen molar-refractivity contribution in [2.45, 2.75) is 58.0 Å². The monoisotopic (exact) mass is 362 g/mol. The van der Waals surface area contributed by atoms with Crippen LogP contribution in [0.3, 0.4) is 0 Å². The Labute approximate surface area is 153 Å². The molecule has 0 radical (unpaired) electrons. The zero-order valence-corrected chi connectivity index (χ0v) is 15.6. The molecule has 0 aromatic rings. The van der Waals surface area contributed by atoms with E-state index in [0.29, 0.717) is 11.1 Å². The van der Waals surface area contributed by atoms with E-state index in [2.05, 4.69) is 6.58 Å². The summed E-state index contributed by atoms with van der Waals surface area (Å²) in [6.07, 6.45) is 3.77. The summed E-state index contributed by atoms with van der Waals surface area (Å²) in [5, 5.41) is 20.9. The number of hydrogen-bond donors (Lipinski definition) is 2. The van der Waals surface area contributed by atoms with Crippen molar-refractivity contribution in [3.8, 4) is 0 Å². The van der Waals surface area contributed by atoms with Crippen LogP contribution in [0, 0.1) is 5.92 Å². The van der Waals surface area contributed by atoms with Gasteiger partial charge in [0.1, 0.15) is 12.2 Å². The predicted molar refractivity (Wildman–Crippen MR) is 96.0 cm³/mol. The van der Waals surface area contributed by atoms with E-state index in [1.807, 2.05) is 0 Å². The normalized spacial score (nSPS) is 38.7. The van der Waals surface area contributed by atoms with Crippen LogP contribution in [0.4, 0.5) is 0 Å². The Morgan fingerprint density at radius 2 is 2.15 bits per heavy atom. The predicted octanol–water partition coefficient (Wildman–Crippen LogP) is 1.98. The molecule has 2 rings (SSSR count). The molecule has 0 aromatic carbocycles. The van der Waals surface area contributed by atoms with Gasteiger partial charge in [0.2, 0.25) is 0 Å².